The maximum Gasteiger partial charge on any atom is 0.0622 e. The van der Waals surface area contributed by atoms with Gasteiger partial charge in [-0.1, -0.05) is 32.6 Å². The van der Waals surface area contributed by atoms with Gasteiger partial charge in [0.1, 0.15) is 0 Å². The van der Waals surface area contributed by atoms with Crippen molar-refractivity contribution in [2.24, 2.45) is 0 Å². The number of hydrogen-bond donors (Lipinski definition) is 0. The third kappa shape index (κ3) is 3.03. The van der Waals surface area contributed by atoms with Crippen molar-refractivity contribution in [1.29, 1.82) is 0 Å². The van der Waals surface area contributed by atoms with Crippen molar-refractivity contribution >= 4 is 0 Å². The zero-order valence-corrected chi connectivity index (χ0v) is 11.9. The fraction of sp³-hybridized carbons (Fsp3) is 1.00. The van der Waals surface area contributed by atoms with E-state index in [1.165, 1.54) is 44.9 Å². The summed E-state index contributed by atoms with van der Waals surface area (Å²) < 4.78 is 5.68. The molecule has 0 radical (unpaired) electrons. The van der Waals surface area contributed by atoms with Crippen molar-refractivity contribution in [1.82, 2.24) is 4.90 Å². The lowest BCUT2D eigenvalue weighted by molar-refractivity contribution is -0.0649. The normalized spacial score (nSPS) is 29.8. The Hall–Kier alpha value is -0.0800. The molecule has 0 aromatic carbocycles. The molecule has 0 aromatic heterocycles. The summed E-state index contributed by atoms with van der Waals surface area (Å²) in [5.41, 5.74) is 0.378. The summed E-state index contributed by atoms with van der Waals surface area (Å²) in [4.78, 5) is 2.78. The smallest absolute Gasteiger partial charge is 0.0622 e. The van der Waals surface area contributed by atoms with Gasteiger partial charge in [0.2, 0.25) is 0 Å². The molecule has 0 aliphatic carbocycles. The lowest BCUT2D eigenvalue weighted by Crippen LogP contribution is -2.56. The molecule has 17 heavy (non-hydrogen) atoms. The molecule has 2 unspecified atom stereocenters. The lowest BCUT2D eigenvalue weighted by atomic mass is 9.92. The summed E-state index contributed by atoms with van der Waals surface area (Å²) in [6.07, 6.45) is 9.57. The van der Waals surface area contributed by atoms with Crippen molar-refractivity contribution in [3.8, 4) is 0 Å². The molecule has 0 saturated carbocycles. The summed E-state index contributed by atoms with van der Waals surface area (Å²) in [5, 5.41) is 0. The molecule has 0 amide bonds. The van der Waals surface area contributed by atoms with Gasteiger partial charge in [-0.15, -0.1) is 0 Å². The number of morpholine rings is 1. The van der Waals surface area contributed by atoms with Gasteiger partial charge in [-0.05, 0) is 33.1 Å². The van der Waals surface area contributed by atoms with Crippen LogP contribution in [0.25, 0.3) is 0 Å². The lowest BCUT2D eigenvalue weighted by Gasteiger charge is -2.46. The third-order valence-corrected chi connectivity index (χ3v) is 4.58. The van der Waals surface area contributed by atoms with Crippen LogP contribution < -0.4 is 0 Å². The first kappa shape index (κ1) is 13.4. The van der Waals surface area contributed by atoms with Crippen molar-refractivity contribution in [3.05, 3.63) is 0 Å². The molecular weight excluding hydrogens is 210 g/mol. The van der Waals surface area contributed by atoms with Crippen LogP contribution in [-0.2, 0) is 4.74 Å². The monoisotopic (exact) mass is 239 g/mol. The number of nitrogens with zero attached hydrogens (tertiary/aromatic N) is 1. The molecule has 2 heterocycles. The first-order valence-electron chi connectivity index (χ1n) is 7.51. The van der Waals surface area contributed by atoms with Gasteiger partial charge in [0.15, 0.2) is 0 Å². The SMILES string of the molecule is CCCCCCC(C)(C)N1C2CCC1COC2. The second-order valence-corrected chi connectivity index (χ2v) is 6.45. The molecule has 2 saturated heterocycles. The Bertz CT molecular complexity index is 223. The number of fused-ring (bicyclic) bond motifs is 2. The van der Waals surface area contributed by atoms with Gasteiger partial charge >= 0.3 is 0 Å². The molecule has 2 rings (SSSR count). The van der Waals surface area contributed by atoms with E-state index < -0.39 is 0 Å². The summed E-state index contributed by atoms with van der Waals surface area (Å²) in [5.74, 6) is 0. The zero-order valence-electron chi connectivity index (χ0n) is 11.9. The Balaban J connectivity index is 1.86. The summed E-state index contributed by atoms with van der Waals surface area (Å²) in [7, 11) is 0. The van der Waals surface area contributed by atoms with Gasteiger partial charge in [-0.2, -0.15) is 0 Å². The molecule has 2 nitrogen and oxygen atoms in total. The molecule has 2 atom stereocenters. The highest BCUT2D eigenvalue weighted by Crippen LogP contribution is 2.37. The van der Waals surface area contributed by atoms with E-state index in [4.69, 9.17) is 4.74 Å². The van der Waals surface area contributed by atoms with E-state index in [0.29, 0.717) is 17.6 Å². The average molecular weight is 239 g/mol. The predicted molar refractivity (Wildman–Crippen MR) is 72.3 cm³/mol. The van der Waals surface area contributed by atoms with E-state index in [0.717, 1.165) is 13.2 Å². The second kappa shape index (κ2) is 5.71. The van der Waals surface area contributed by atoms with Crippen LogP contribution in [0.1, 0.15) is 65.7 Å². The van der Waals surface area contributed by atoms with Gasteiger partial charge in [-0.25, -0.2) is 0 Å². The Morgan fingerprint density at radius 3 is 2.29 bits per heavy atom. The molecule has 2 aliphatic heterocycles. The zero-order chi connectivity index (χ0) is 12.3. The Labute approximate surface area is 107 Å². The van der Waals surface area contributed by atoms with Crippen molar-refractivity contribution in [3.63, 3.8) is 0 Å². The molecular formula is C15H29NO. The van der Waals surface area contributed by atoms with Gasteiger partial charge in [0.25, 0.3) is 0 Å². The number of ether oxygens (including phenoxy) is 1. The van der Waals surface area contributed by atoms with E-state index in [9.17, 15) is 0 Å². The van der Waals surface area contributed by atoms with Crippen LogP contribution >= 0.6 is 0 Å². The van der Waals surface area contributed by atoms with Crippen LogP contribution in [0.3, 0.4) is 0 Å². The summed E-state index contributed by atoms with van der Waals surface area (Å²) >= 11 is 0. The summed E-state index contributed by atoms with van der Waals surface area (Å²) in [6, 6.07) is 1.41. The van der Waals surface area contributed by atoms with Crippen molar-refractivity contribution in [2.45, 2.75) is 83.3 Å². The van der Waals surface area contributed by atoms with Crippen molar-refractivity contribution < 1.29 is 4.74 Å². The topological polar surface area (TPSA) is 12.5 Å². The molecule has 0 N–H and O–H groups in total. The maximum atomic E-state index is 5.68. The Kier molecular flexibility index (Phi) is 4.48. The van der Waals surface area contributed by atoms with E-state index in [1.807, 2.05) is 0 Å². The highest BCUT2D eigenvalue weighted by Gasteiger charge is 2.44. The van der Waals surface area contributed by atoms with Crippen LogP contribution in [-0.4, -0.2) is 35.7 Å². The largest absolute Gasteiger partial charge is 0.378 e. The Morgan fingerprint density at radius 1 is 1.06 bits per heavy atom. The standard InChI is InChI=1S/C15H29NO/c1-4-5-6-7-10-15(2,3)16-13-8-9-14(16)12-17-11-13/h13-14H,4-12H2,1-3H3. The van der Waals surface area contributed by atoms with Crippen LogP contribution in [0, 0.1) is 0 Å². The minimum absolute atomic E-state index is 0.378. The molecule has 0 aromatic rings. The average Bonchev–Trinajstić information content (AvgIpc) is 2.57. The molecule has 0 spiro atoms. The molecule has 2 fully saturated rings. The van der Waals surface area contributed by atoms with E-state index in [2.05, 4.69) is 25.7 Å². The van der Waals surface area contributed by atoms with Crippen LogP contribution in [0.2, 0.25) is 0 Å². The molecule has 2 heteroatoms. The second-order valence-electron chi connectivity index (χ2n) is 6.45. The van der Waals surface area contributed by atoms with Gasteiger partial charge in [-0.3, -0.25) is 4.90 Å². The molecule has 2 aliphatic rings. The number of rotatable bonds is 6. The third-order valence-electron chi connectivity index (χ3n) is 4.58. The van der Waals surface area contributed by atoms with Crippen LogP contribution in [0.5, 0.6) is 0 Å². The van der Waals surface area contributed by atoms with E-state index >= 15 is 0 Å². The minimum atomic E-state index is 0.378. The van der Waals surface area contributed by atoms with Gasteiger partial charge in [0.05, 0.1) is 13.2 Å². The van der Waals surface area contributed by atoms with E-state index in [-0.39, 0.29) is 0 Å². The number of hydrogen-bond acceptors (Lipinski definition) is 2. The first-order valence-corrected chi connectivity index (χ1v) is 7.51. The minimum Gasteiger partial charge on any atom is -0.378 e. The van der Waals surface area contributed by atoms with E-state index in [1.54, 1.807) is 0 Å². The predicted octanol–water partition coefficient (Wildman–Crippen LogP) is 3.60. The Morgan fingerprint density at radius 2 is 1.71 bits per heavy atom. The molecule has 2 bridgehead atoms. The highest BCUT2D eigenvalue weighted by atomic mass is 16.5. The van der Waals surface area contributed by atoms with Gasteiger partial charge < -0.3 is 4.74 Å². The first-order chi connectivity index (χ1) is 8.15. The quantitative estimate of drug-likeness (QED) is 0.657. The number of unbranched alkanes of at least 4 members (excludes halogenated alkanes) is 3. The van der Waals surface area contributed by atoms with Crippen molar-refractivity contribution in [2.75, 3.05) is 13.2 Å². The van der Waals surface area contributed by atoms with Gasteiger partial charge in [0, 0.05) is 17.6 Å². The molecule has 100 valence electrons. The van der Waals surface area contributed by atoms with Crippen LogP contribution in [0.15, 0.2) is 0 Å². The maximum absolute atomic E-state index is 5.68. The van der Waals surface area contributed by atoms with Crippen LogP contribution in [0.4, 0.5) is 0 Å². The fourth-order valence-electron chi connectivity index (χ4n) is 3.73. The highest BCUT2D eigenvalue weighted by molar-refractivity contribution is 4.98. The fourth-order valence-corrected chi connectivity index (χ4v) is 3.73. The summed E-state index contributed by atoms with van der Waals surface area (Å²) in [6.45, 7) is 9.10.